The molecule has 52 heavy (non-hydrogen) atoms. The number of rotatable bonds is 12. The molecule has 2 aromatic heterocycles. The van der Waals surface area contributed by atoms with E-state index in [4.69, 9.17) is 9.47 Å². The van der Waals surface area contributed by atoms with Gasteiger partial charge in [0.2, 0.25) is 35.7 Å². The van der Waals surface area contributed by atoms with Crippen LogP contribution in [-0.4, -0.2) is 123 Å². The first-order chi connectivity index (χ1) is 24.9. The largest absolute Gasteiger partial charge is 0.378 e. The average Bonchev–Trinajstić information content (AvgIpc) is 3.14. The lowest BCUT2D eigenvalue weighted by Crippen LogP contribution is -2.37. The zero-order chi connectivity index (χ0) is 36.9. The second kappa shape index (κ2) is 15.5. The third-order valence-electron chi connectivity index (χ3n) is 7.82. The third kappa shape index (κ3) is 8.96. The lowest BCUT2D eigenvalue weighted by molar-refractivity contribution is 0.122. The zero-order valence-electron chi connectivity index (χ0n) is 28.0. The predicted molar refractivity (Wildman–Crippen MR) is 193 cm³/mol. The van der Waals surface area contributed by atoms with Crippen LogP contribution in [0.5, 0.6) is 0 Å². The Balaban J connectivity index is 1.27. The minimum atomic E-state index is -4.78. The van der Waals surface area contributed by atoms with Crippen LogP contribution in [0.3, 0.4) is 0 Å². The molecule has 20 nitrogen and oxygen atoms in total. The summed E-state index contributed by atoms with van der Waals surface area (Å²) in [5.41, 5.74) is 0.517. The van der Waals surface area contributed by atoms with Crippen molar-refractivity contribution in [1.29, 1.82) is 0 Å². The first-order valence-electron chi connectivity index (χ1n) is 15.9. The monoisotopic (exact) mass is 756 g/mol. The van der Waals surface area contributed by atoms with Crippen molar-refractivity contribution in [2.45, 2.75) is 9.79 Å². The smallest absolute Gasteiger partial charge is 0.295 e. The third-order valence-corrected chi connectivity index (χ3v) is 9.64. The fraction of sp³-hybridized carbons (Fsp3) is 0.333. The van der Waals surface area contributed by atoms with Gasteiger partial charge in [0.15, 0.2) is 0 Å². The Bertz CT molecular complexity index is 2030. The summed E-state index contributed by atoms with van der Waals surface area (Å²) in [6.07, 6.45) is 2.59. The average molecular weight is 757 g/mol. The number of hydrogen-bond acceptors (Lipinski definition) is 18. The van der Waals surface area contributed by atoms with Crippen LogP contribution < -0.4 is 31.1 Å². The highest BCUT2D eigenvalue weighted by molar-refractivity contribution is 7.86. The molecular weight excluding hydrogens is 721 g/mol. The van der Waals surface area contributed by atoms with E-state index in [1.165, 1.54) is 48.6 Å². The number of morpholine rings is 2. The van der Waals surface area contributed by atoms with E-state index in [9.17, 15) is 25.9 Å². The molecule has 4 heterocycles. The molecular formula is C30H36N12O8S2. The molecule has 4 aromatic rings. The minimum Gasteiger partial charge on any atom is -0.378 e. The Morgan fingerprint density at radius 1 is 0.596 bits per heavy atom. The Morgan fingerprint density at radius 3 is 1.31 bits per heavy atom. The summed E-state index contributed by atoms with van der Waals surface area (Å²) in [5.74, 6) is 1.58. The van der Waals surface area contributed by atoms with Crippen molar-refractivity contribution < 1.29 is 35.4 Å². The van der Waals surface area contributed by atoms with Crippen molar-refractivity contribution in [3.8, 4) is 0 Å². The molecule has 0 atom stereocenters. The molecule has 0 unspecified atom stereocenters. The topological polar surface area (TPSA) is 259 Å². The van der Waals surface area contributed by atoms with Gasteiger partial charge in [-0.2, -0.15) is 46.7 Å². The van der Waals surface area contributed by atoms with Crippen molar-refractivity contribution in [2.75, 3.05) is 97.8 Å². The normalized spacial score (nSPS) is 15.5. The Morgan fingerprint density at radius 2 is 0.962 bits per heavy atom. The van der Waals surface area contributed by atoms with Crippen LogP contribution >= 0.6 is 0 Å². The van der Waals surface area contributed by atoms with Gasteiger partial charge in [-0.3, -0.25) is 9.11 Å². The molecule has 0 saturated carbocycles. The first kappa shape index (κ1) is 36.5. The van der Waals surface area contributed by atoms with Gasteiger partial charge in [0.25, 0.3) is 20.2 Å². The second-order valence-corrected chi connectivity index (χ2v) is 14.1. The number of anilines is 8. The number of ether oxygens (including phenoxy) is 2. The van der Waals surface area contributed by atoms with Crippen molar-refractivity contribution >= 4 is 79.5 Å². The maximum Gasteiger partial charge on any atom is 0.295 e. The highest BCUT2D eigenvalue weighted by Crippen LogP contribution is 2.29. The number of hydrogen-bond donors (Lipinski definition) is 6. The van der Waals surface area contributed by atoms with Crippen molar-refractivity contribution in [2.24, 2.45) is 0 Å². The van der Waals surface area contributed by atoms with E-state index in [1.54, 1.807) is 14.1 Å². The minimum absolute atomic E-state index is 0.0255. The van der Waals surface area contributed by atoms with Gasteiger partial charge in [0, 0.05) is 51.6 Å². The summed E-state index contributed by atoms with van der Waals surface area (Å²) in [6.45, 7) is 4.35. The first-order valence-corrected chi connectivity index (χ1v) is 18.8. The fourth-order valence-corrected chi connectivity index (χ4v) is 6.68. The van der Waals surface area contributed by atoms with E-state index in [0.717, 1.165) is 0 Å². The molecule has 22 heteroatoms. The van der Waals surface area contributed by atoms with E-state index < -0.39 is 30.0 Å². The standard InChI is InChI=1S/C30H36N12O8S2/c1-31-25-35-27(39-29(37-25)41-9-13-49-14-10-41)33-21-7-5-19(23(17-21)51(43,44)45)3-4-20-6-8-22(18-24(20)52(46,47)48)34-28-36-26(32-2)38-30(40-28)42-11-15-50-16-12-42/h3-8,17-18H,9-16H2,1-2H3,(H,43,44,45)(H,46,47,48)(H2,31,33,35,37,39)(H2,32,34,36,38,40). The molecule has 6 rings (SSSR count). The van der Waals surface area contributed by atoms with E-state index in [-0.39, 0.29) is 46.3 Å². The van der Waals surface area contributed by atoms with Gasteiger partial charge in [-0.05, 0) is 35.4 Å². The van der Waals surface area contributed by atoms with E-state index in [2.05, 4.69) is 51.2 Å². The molecule has 2 aliphatic rings. The van der Waals surface area contributed by atoms with Crippen LogP contribution in [-0.2, 0) is 29.7 Å². The second-order valence-electron chi connectivity index (χ2n) is 11.3. The van der Waals surface area contributed by atoms with Gasteiger partial charge in [-0.1, -0.05) is 24.3 Å². The van der Waals surface area contributed by atoms with Gasteiger partial charge >= 0.3 is 0 Å². The Labute approximate surface area is 299 Å². The fourth-order valence-electron chi connectivity index (χ4n) is 5.26. The van der Waals surface area contributed by atoms with Crippen LogP contribution in [0.15, 0.2) is 46.2 Å². The molecule has 0 amide bonds. The quantitative estimate of drug-likeness (QED) is 0.0892. The summed E-state index contributed by atoms with van der Waals surface area (Å²) < 4.78 is 81.0. The van der Waals surface area contributed by atoms with Crippen LogP contribution in [0.1, 0.15) is 11.1 Å². The Hall–Kier alpha value is -5.26. The van der Waals surface area contributed by atoms with Crippen LogP contribution in [0.2, 0.25) is 0 Å². The molecule has 0 aliphatic carbocycles. The molecule has 0 spiro atoms. The number of nitrogens with zero attached hydrogens (tertiary/aromatic N) is 8. The molecule has 2 saturated heterocycles. The molecule has 0 bridgehead atoms. The number of nitrogens with one attached hydrogen (secondary N) is 4. The van der Waals surface area contributed by atoms with Gasteiger partial charge in [0.05, 0.1) is 26.4 Å². The predicted octanol–water partition coefficient (Wildman–Crippen LogP) is 1.96. The van der Waals surface area contributed by atoms with Gasteiger partial charge < -0.3 is 40.5 Å². The molecule has 0 radical (unpaired) electrons. The highest BCUT2D eigenvalue weighted by Gasteiger charge is 2.21. The van der Waals surface area contributed by atoms with E-state index in [0.29, 0.717) is 64.5 Å². The van der Waals surface area contributed by atoms with Crippen molar-refractivity contribution in [3.05, 3.63) is 47.5 Å². The lowest BCUT2D eigenvalue weighted by Gasteiger charge is -2.27. The van der Waals surface area contributed by atoms with Crippen LogP contribution in [0.25, 0.3) is 12.2 Å². The molecule has 2 aromatic carbocycles. The maximum atomic E-state index is 12.5. The summed E-state index contributed by atoms with van der Waals surface area (Å²) in [7, 11) is -6.26. The summed E-state index contributed by atoms with van der Waals surface area (Å²) in [6, 6.07) is 8.23. The Kier molecular flexibility index (Phi) is 10.9. The van der Waals surface area contributed by atoms with Crippen LogP contribution in [0.4, 0.5) is 47.1 Å². The maximum absolute atomic E-state index is 12.5. The summed E-state index contributed by atoms with van der Waals surface area (Å²) >= 11 is 0. The number of aromatic nitrogens is 6. The molecule has 276 valence electrons. The molecule has 2 aliphatic heterocycles. The molecule has 6 N–H and O–H groups in total. The zero-order valence-corrected chi connectivity index (χ0v) is 29.6. The van der Waals surface area contributed by atoms with E-state index >= 15 is 0 Å². The van der Waals surface area contributed by atoms with Crippen molar-refractivity contribution in [1.82, 2.24) is 29.9 Å². The van der Waals surface area contributed by atoms with E-state index in [1.807, 2.05) is 9.80 Å². The summed E-state index contributed by atoms with van der Waals surface area (Å²) in [4.78, 5) is 29.2. The van der Waals surface area contributed by atoms with Gasteiger partial charge in [0.1, 0.15) is 9.79 Å². The summed E-state index contributed by atoms with van der Waals surface area (Å²) in [5, 5.41) is 11.6. The van der Waals surface area contributed by atoms with Gasteiger partial charge in [-0.25, -0.2) is 0 Å². The van der Waals surface area contributed by atoms with Crippen molar-refractivity contribution in [3.63, 3.8) is 0 Å². The van der Waals surface area contributed by atoms with Gasteiger partial charge in [-0.15, -0.1) is 0 Å². The lowest BCUT2D eigenvalue weighted by atomic mass is 10.1. The number of benzene rings is 2. The SMILES string of the molecule is CNc1nc(Nc2ccc(C=Cc3ccc(Nc4nc(NC)nc(N5CCOCC5)n4)cc3S(=O)(=O)O)c(S(=O)(=O)O)c2)nc(N2CCOCC2)n1. The molecule has 2 fully saturated rings. The highest BCUT2D eigenvalue weighted by atomic mass is 32.2. The van der Waals surface area contributed by atoms with Crippen LogP contribution in [0, 0.1) is 0 Å².